The zero-order chi connectivity index (χ0) is 17.6. The van der Waals surface area contributed by atoms with Crippen LogP contribution in [0.4, 0.5) is 4.39 Å². The number of nitrogens with zero attached hydrogens (tertiary/aromatic N) is 3. The highest BCUT2D eigenvalue weighted by molar-refractivity contribution is 6.35. The first-order chi connectivity index (χ1) is 12.1. The van der Waals surface area contributed by atoms with Crippen LogP contribution in [0.15, 0.2) is 42.6 Å². The Morgan fingerprint density at radius 2 is 1.84 bits per heavy atom. The number of pyridine rings is 1. The molecule has 0 aliphatic carbocycles. The Kier molecular flexibility index (Phi) is 3.90. The van der Waals surface area contributed by atoms with E-state index in [0.29, 0.717) is 16.7 Å². The number of benzene rings is 2. The van der Waals surface area contributed by atoms with Gasteiger partial charge in [0.25, 0.3) is 0 Å². The summed E-state index contributed by atoms with van der Waals surface area (Å²) in [4.78, 5) is 12.0. The highest BCUT2D eigenvalue weighted by atomic mass is 35.5. The van der Waals surface area contributed by atoms with Gasteiger partial charge >= 0.3 is 0 Å². The van der Waals surface area contributed by atoms with Crippen molar-refractivity contribution in [3.05, 3.63) is 58.8 Å². The van der Waals surface area contributed by atoms with E-state index >= 15 is 4.39 Å². The second kappa shape index (κ2) is 6.10. The fourth-order valence-electron chi connectivity index (χ4n) is 2.78. The Bertz CT molecular complexity index is 1130. The summed E-state index contributed by atoms with van der Waals surface area (Å²) >= 11 is 11.8. The van der Waals surface area contributed by atoms with Crippen molar-refractivity contribution in [3.8, 4) is 17.0 Å². The zero-order valence-electron chi connectivity index (χ0n) is 12.9. The second-order valence-electron chi connectivity index (χ2n) is 5.36. The average Bonchev–Trinajstić information content (AvgIpc) is 2.62. The second-order valence-corrected chi connectivity index (χ2v) is 6.06. The first-order valence-corrected chi connectivity index (χ1v) is 8.08. The van der Waals surface area contributed by atoms with Gasteiger partial charge in [0.15, 0.2) is 5.82 Å². The SMILES string of the molecule is COc1cc(-c2ncc3c(Cl)nc(Cl)nc3c2F)c2ccccc2c1. The molecule has 0 aliphatic heterocycles. The van der Waals surface area contributed by atoms with Gasteiger partial charge in [-0.1, -0.05) is 35.9 Å². The highest BCUT2D eigenvalue weighted by Crippen LogP contribution is 2.35. The number of hydrogen-bond donors (Lipinski definition) is 0. The van der Waals surface area contributed by atoms with E-state index in [0.717, 1.165) is 10.8 Å². The topological polar surface area (TPSA) is 47.9 Å². The van der Waals surface area contributed by atoms with Gasteiger partial charge < -0.3 is 4.74 Å². The molecule has 7 heteroatoms. The van der Waals surface area contributed by atoms with Crippen molar-refractivity contribution in [2.24, 2.45) is 0 Å². The molecular weight excluding hydrogens is 364 g/mol. The lowest BCUT2D eigenvalue weighted by Crippen LogP contribution is -1.97. The lowest BCUT2D eigenvalue weighted by atomic mass is 10.0. The van der Waals surface area contributed by atoms with Gasteiger partial charge in [0.1, 0.15) is 22.1 Å². The molecule has 0 amide bonds. The number of methoxy groups -OCH3 is 1. The molecule has 2 aromatic carbocycles. The number of rotatable bonds is 2. The summed E-state index contributed by atoms with van der Waals surface area (Å²) in [5, 5.41) is 2.00. The predicted molar refractivity (Wildman–Crippen MR) is 96.8 cm³/mol. The number of ether oxygens (including phenoxy) is 1. The Morgan fingerprint density at radius 3 is 2.64 bits per heavy atom. The van der Waals surface area contributed by atoms with E-state index in [-0.39, 0.29) is 21.6 Å². The van der Waals surface area contributed by atoms with Crippen molar-refractivity contribution < 1.29 is 9.13 Å². The van der Waals surface area contributed by atoms with E-state index in [9.17, 15) is 0 Å². The van der Waals surface area contributed by atoms with Crippen molar-refractivity contribution >= 4 is 44.9 Å². The molecule has 4 aromatic rings. The highest BCUT2D eigenvalue weighted by Gasteiger charge is 2.18. The van der Waals surface area contributed by atoms with Gasteiger partial charge in [-0.15, -0.1) is 0 Å². The summed E-state index contributed by atoms with van der Waals surface area (Å²) in [6.07, 6.45) is 1.45. The molecule has 25 heavy (non-hydrogen) atoms. The first-order valence-electron chi connectivity index (χ1n) is 7.33. The maximum absolute atomic E-state index is 15.2. The molecule has 4 nitrogen and oxygen atoms in total. The van der Waals surface area contributed by atoms with E-state index in [2.05, 4.69) is 15.0 Å². The third kappa shape index (κ3) is 2.65. The van der Waals surface area contributed by atoms with Gasteiger partial charge in [-0.05, 0) is 34.5 Å². The average molecular weight is 374 g/mol. The van der Waals surface area contributed by atoms with Crippen LogP contribution in [0.2, 0.25) is 10.4 Å². The Hall–Kier alpha value is -2.50. The lowest BCUT2D eigenvalue weighted by Gasteiger charge is -2.11. The first kappa shape index (κ1) is 16.0. The summed E-state index contributed by atoms with van der Waals surface area (Å²) in [6.45, 7) is 0. The maximum Gasteiger partial charge on any atom is 0.224 e. The molecule has 0 saturated carbocycles. The zero-order valence-corrected chi connectivity index (χ0v) is 14.4. The minimum atomic E-state index is -0.609. The van der Waals surface area contributed by atoms with E-state index in [4.69, 9.17) is 27.9 Å². The smallest absolute Gasteiger partial charge is 0.224 e. The molecule has 2 aromatic heterocycles. The quantitative estimate of drug-likeness (QED) is 0.353. The van der Waals surface area contributed by atoms with Crippen LogP contribution in [0.1, 0.15) is 0 Å². The van der Waals surface area contributed by atoms with Gasteiger partial charge in [0.2, 0.25) is 5.28 Å². The van der Waals surface area contributed by atoms with E-state index in [1.54, 1.807) is 13.2 Å². The van der Waals surface area contributed by atoms with Crippen LogP contribution in [-0.2, 0) is 0 Å². The van der Waals surface area contributed by atoms with Crippen molar-refractivity contribution in [2.45, 2.75) is 0 Å². The molecular formula is C18H10Cl2FN3O. The van der Waals surface area contributed by atoms with Gasteiger partial charge in [-0.3, -0.25) is 4.98 Å². The van der Waals surface area contributed by atoms with Crippen LogP contribution in [-0.4, -0.2) is 22.1 Å². The number of hydrogen-bond acceptors (Lipinski definition) is 4. The van der Waals surface area contributed by atoms with Gasteiger partial charge in [0, 0.05) is 11.8 Å². The lowest BCUT2D eigenvalue weighted by molar-refractivity contribution is 0.415. The third-order valence-electron chi connectivity index (χ3n) is 3.94. The van der Waals surface area contributed by atoms with E-state index in [1.165, 1.54) is 6.20 Å². The minimum Gasteiger partial charge on any atom is -0.497 e. The van der Waals surface area contributed by atoms with E-state index < -0.39 is 5.82 Å². The summed E-state index contributed by atoms with van der Waals surface area (Å²) in [7, 11) is 1.56. The van der Waals surface area contributed by atoms with Crippen molar-refractivity contribution in [1.29, 1.82) is 0 Å². The fourth-order valence-corrected chi connectivity index (χ4v) is 3.21. The maximum atomic E-state index is 15.2. The normalized spacial score (nSPS) is 11.2. The summed E-state index contributed by atoms with van der Waals surface area (Å²) < 4.78 is 20.5. The van der Waals surface area contributed by atoms with Crippen LogP contribution in [0, 0.1) is 5.82 Å². The third-order valence-corrected chi connectivity index (χ3v) is 4.39. The van der Waals surface area contributed by atoms with Crippen LogP contribution < -0.4 is 4.74 Å². The number of halogens is 3. The molecule has 0 aliphatic rings. The molecule has 0 N–H and O–H groups in total. The van der Waals surface area contributed by atoms with Crippen LogP contribution >= 0.6 is 23.2 Å². The van der Waals surface area contributed by atoms with Gasteiger partial charge in [-0.2, -0.15) is 0 Å². The minimum absolute atomic E-state index is 0.0295. The fraction of sp³-hybridized carbons (Fsp3) is 0.0556. The molecule has 2 heterocycles. The predicted octanol–water partition coefficient (Wildman–Crippen LogP) is 5.30. The largest absolute Gasteiger partial charge is 0.497 e. The molecule has 0 unspecified atom stereocenters. The van der Waals surface area contributed by atoms with Gasteiger partial charge in [-0.25, -0.2) is 14.4 Å². The van der Waals surface area contributed by atoms with Crippen molar-refractivity contribution in [3.63, 3.8) is 0 Å². The van der Waals surface area contributed by atoms with Crippen molar-refractivity contribution in [1.82, 2.24) is 15.0 Å². The standard InChI is InChI=1S/C18H10Cl2FN3O/c1-25-10-6-9-4-2-3-5-11(9)12(7-10)15-14(21)16-13(8-22-15)17(19)24-18(20)23-16/h2-8H,1H3. The Labute approximate surface area is 152 Å². The number of aromatic nitrogens is 3. The number of fused-ring (bicyclic) bond motifs is 2. The van der Waals surface area contributed by atoms with Crippen LogP contribution in [0.25, 0.3) is 32.9 Å². The Balaban J connectivity index is 2.08. The molecule has 0 radical (unpaired) electrons. The molecule has 0 atom stereocenters. The molecule has 0 saturated heterocycles. The molecule has 0 spiro atoms. The summed E-state index contributed by atoms with van der Waals surface area (Å²) in [6, 6.07) is 11.2. The summed E-state index contributed by atoms with van der Waals surface area (Å²) in [5.41, 5.74) is 0.774. The summed E-state index contributed by atoms with van der Waals surface area (Å²) in [5.74, 6) is -0.00384. The van der Waals surface area contributed by atoms with Crippen LogP contribution in [0.5, 0.6) is 5.75 Å². The van der Waals surface area contributed by atoms with Crippen LogP contribution in [0.3, 0.4) is 0 Å². The van der Waals surface area contributed by atoms with E-state index in [1.807, 2.05) is 30.3 Å². The Morgan fingerprint density at radius 1 is 1.04 bits per heavy atom. The van der Waals surface area contributed by atoms with Crippen molar-refractivity contribution in [2.75, 3.05) is 7.11 Å². The van der Waals surface area contributed by atoms with Gasteiger partial charge in [0.05, 0.1) is 12.5 Å². The monoisotopic (exact) mass is 373 g/mol. The molecule has 0 bridgehead atoms. The molecule has 124 valence electrons. The molecule has 4 rings (SSSR count). The molecule has 0 fully saturated rings.